The van der Waals surface area contributed by atoms with E-state index in [4.69, 9.17) is 10.2 Å². The molecule has 2 aliphatic rings. The quantitative estimate of drug-likeness (QED) is 0.710. The zero-order valence-electron chi connectivity index (χ0n) is 8.80. The summed E-state index contributed by atoms with van der Waals surface area (Å²) >= 11 is 0. The van der Waals surface area contributed by atoms with Gasteiger partial charge in [-0.25, -0.2) is 4.79 Å². The standard InChI is InChI=1S/C12H14O4/c1-2-6-3-10(12(15)16)9-5-7(11(13)14)4-8(6)9/h2,4,6,8-10H,1,3,5H2,(H,13,14)(H,15,16). The lowest BCUT2D eigenvalue weighted by Crippen LogP contribution is -2.19. The summed E-state index contributed by atoms with van der Waals surface area (Å²) in [7, 11) is 0. The molecule has 0 aliphatic heterocycles. The van der Waals surface area contributed by atoms with Crippen LogP contribution in [-0.4, -0.2) is 22.2 Å². The lowest BCUT2D eigenvalue weighted by Gasteiger charge is -2.14. The van der Waals surface area contributed by atoms with Crippen molar-refractivity contribution in [3.63, 3.8) is 0 Å². The molecule has 0 radical (unpaired) electrons. The molecule has 16 heavy (non-hydrogen) atoms. The number of carboxylic acids is 2. The Morgan fingerprint density at radius 3 is 2.62 bits per heavy atom. The number of fused-ring (bicyclic) bond motifs is 1. The lowest BCUT2D eigenvalue weighted by atomic mass is 9.89. The van der Waals surface area contributed by atoms with E-state index in [-0.39, 0.29) is 17.8 Å². The summed E-state index contributed by atoms with van der Waals surface area (Å²) in [6, 6.07) is 0. The molecule has 2 aliphatic carbocycles. The number of allylic oxidation sites excluding steroid dienone is 2. The number of rotatable bonds is 3. The fourth-order valence-electron chi connectivity index (χ4n) is 2.99. The van der Waals surface area contributed by atoms with E-state index >= 15 is 0 Å². The maximum Gasteiger partial charge on any atom is 0.331 e. The van der Waals surface area contributed by atoms with Gasteiger partial charge in [-0.05, 0) is 30.6 Å². The highest BCUT2D eigenvalue weighted by Crippen LogP contribution is 2.50. The van der Waals surface area contributed by atoms with Gasteiger partial charge in [0.1, 0.15) is 0 Å². The van der Waals surface area contributed by atoms with Gasteiger partial charge in [0.15, 0.2) is 0 Å². The second kappa shape index (κ2) is 3.77. The van der Waals surface area contributed by atoms with E-state index in [0.717, 1.165) is 0 Å². The third-order valence-electron chi connectivity index (χ3n) is 3.78. The fourth-order valence-corrected chi connectivity index (χ4v) is 2.99. The van der Waals surface area contributed by atoms with Gasteiger partial charge in [-0.3, -0.25) is 4.79 Å². The van der Waals surface area contributed by atoms with Gasteiger partial charge in [0.2, 0.25) is 0 Å². The van der Waals surface area contributed by atoms with Crippen molar-refractivity contribution in [2.75, 3.05) is 0 Å². The molecule has 1 saturated carbocycles. The predicted octanol–water partition coefficient (Wildman–Crippen LogP) is 1.54. The van der Waals surface area contributed by atoms with Crippen molar-refractivity contribution in [1.29, 1.82) is 0 Å². The minimum Gasteiger partial charge on any atom is -0.481 e. The van der Waals surface area contributed by atoms with Crippen LogP contribution in [0.15, 0.2) is 24.3 Å². The molecular weight excluding hydrogens is 208 g/mol. The Morgan fingerprint density at radius 2 is 2.12 bits per heavy atom. The van der Waals surface area contributed by atoms with Crippen LogP contribution in [0.3, 0.4) is 0 Å². The summed E-state index contributed by atoms with van der Waals surface area (Å²) in [5.41, 5.74) is 0.354. The molecule has 4 atom stereocenters. The van der Waals surface area contributed by atoms with E-state index in [1.165, 1.54) is 0 Å². The molecule has 1 fully saturated rings. The molecule has 0 aromatic carbocycles. The molecule has 2 N–H and O–H groups in total. The normalized spacial score (nSPS) is 36.6. The minimum absolute atomic E-state index is 0.0460. The summed E-state index contributed by atoms with van der Waals surface area (Å²) < 4.78 is 0. The molecule has 4 nitrogen and oxygen atoms in total. The molecule has 0 saturated heterocycles. The van der Waals surface area contributed by atoms with Gasteiger partial charge in [-0.1, -0.05) is 12.2 Å². The first kappa shape index (κ1) is 10.9. The average Bonchev–Trinajstić information content (AvgIpc) is 2.73. The molecule has 86 valence electrons. The van der Waals surface area contributed by atoms with Gasteiger partial charge in [0, 0.05) is 5.57 Å². The highest BCUT2D eigenvalue weighted by Gasteiger charge is 2.48. The van der Waals surface area contributed by atoms with Crippen LogP contribution in [0, 0.1) is 23.7 Å². The number of aliphatic carboxylic acids is 2. The molecule has 0 aromatic heterocycles. The first-order valence-electron chi connectivity index (χ1n) is 5.34. The van der Waals surface area contributed by atoms with Crippen molar-refractivity contribution in [1.82, 2.24) is 0 Å². The summed E-state index contributed by atoms with van der Waals surface area (Å²) in [5.74, 6) is -2.10. The highest BCUT2D eigenvalue weighted by molar-refractivity contribution is 5.87. The van der Waals surface area contributed by atoms with Gasteiger partial charge in [-0.15, -0.1) is 6.58 Å². The molecule has 0 heterocycles. The molecule has 0 spiro atoms. The molecular formula is C12H14O4. The van der Waals surface area contributed by atoms with E-state index in [1.807, 2.05) is 0 Å². The van der Waals surface area contributed by atoms with Crippen LogP contribution in [0.1, 0.15) is 12.8 Å². The Hall–Kier alpha value is -1.58. The smallest absolute Gasteiger partial charge is 0.331 e. The van der Waals surface area contributed by atoms with Crippen molar-refractivity contribution in [3.05, 3.63) is 24.3 Å². The van der Waals surface area contributed by atoms with E-state index in [2.05, 4.69) is 6.58 Å². The van der Waals surface area contributed by atoms with E-state index in [1.54, 1.807) is 12.2 Å². The van der Waals surface area contributed by atoms with Gasteiger partial charge in [-0.2, -0.15) is 0 Å². The fraction of sp³-hybridized carbons (Fsp3) is 0.500. The number of carbonyl (C=O) groups is 2. The summed E-state index contributed by atoms with van der Waals surface area (Å²) in [6.45, 7) is 3.70. The molecule has 0 amide bonds. The summed E-state index contributed by atoms with van der Waals surface area (Å²) in [6.07, 6.45) is 4.43. The maximum atomic E-state index is 11.1. The minimum atomic E-state index is -0.929. The lowest BCUT2D eigenvalue weighted by molar-refractivity contribution is -0.143. The zero-order valence-corrected chi connectivity index (χ0v) is 8.80. The number of carboxylic acid groups (broad SMARTS) is 2. The SMILES string of the molecule is C=CC1CC(C(=O)O)C2CC(C(=O)O)=CC12. The van der Waals surface area contributed by atoms with Crippen LogP contribution in [-0.2, 0) is 9.59 Å². The van der Waals surface area contributed by atoms with Crippen LogP contribution >= 0.6 is 0 Å². The van der Waals surface area contributed by atoms with Crippen LogP contribution in [0.2, 0.25) is 0 Å². The number of hydrogen-bond acceptors (Lipinski definition) is 2. The van der Waals surface area contributed by atoms with Crippen LogP contribution in [0.5, 0.6) is 0 Å². The number of hydrogen-bond donors (Lipinski definition) is 2. The van der Waals surface area contributed by atoms with Crippen molar-refractivity contribution >= 4 is 11.9 Å². The van der Waals surface area contributed by atoms with E-state index in [9.17, 15) is 9.59 Å². The Labute approximate surface area is 93.3 Å². The van der Waals surface area contributed by atoms with E-state index in [0.29, 0.717) is 18.4 Å². The van der Waals surface area contributed by atoms with Crippen molar-refractivity contribution in [2.24, 2.45) is 23.7 Å². The first-order chi connectivity index (χ1) is 7.54. The van der Waals surface area contributed by atoms with Crippen molar-refractivity contribution < 1.29 is 19.8 Å². The topological polar surface area (TPSA) is 74.6 Å². The molecule has 0 aromatic rings. The average molecular weight is 222 g/mol. The third-order valence-corrected chi connectivity index (χ3v) is 3.78. The van der Waals surface area contributed by atoms with Gasteiger partial charge >= 0.3 is 11.9 Å². The Morgan fingerprint density at radius 1 is 1.44 bits per heavy atom. The van der Waals surface area contributed by atoms with E-state index < -0.39 is 17.9 Å². The Kier molecular flexibility index (Phi) is 2.58. The molecule has 4 heteroatoms. The van der Waals surface area contributed by atoms with Crippen LogP contribution < -0.4 is 0 Å². The second-order valence-electron chi connectivity index (χ2n) is 4.52. The Bertz CT molecular complexity index is 382. The third kappa shape index (κ3) is 1.54. The van der Waals surface area contributed by atoms with Gasteiger partial charge in [0.25, 0.3) is 0 Å². The van der Waals surface area contributed by atoms with Gasteiger partial charge < -0.3 is 10.2 Å². The second-order valence-corrected chi connectivity index (χ2v) is 4.52. The first-order valence-corrected chi connectivity index (χ1v) is 5.34. The largest absolute Gasteiger partial charge is 0.481 e. The Balaban J connectivity index is 2.26. The van der Waals surface area contributed by atoms with Gasteiger partial charge in [0.05, 0.1) is 5.92 Å². The summed E-state index contributed by atoms with van der Waals surface area (Å²) in [4.78, 5) is 21.9. The predicted molar refractivity (Wildman–Crippen MR) is 56.7 cm³/mol. The monoisotopic (exact) mass is 222 g/mol. The molecule has 0 bridgehead atoms. The molecule has 2 rings (SSSR count). The summed E-state index contributed by atoms with van der Waals surface area (Å²) in [5, 5.41) is 18.0. The van der Waals surface area contributed by atoms with Crippen molar-refractivity contribution in [3.8, 4) is 0 Å². The zero-order chi connectivity index (χ0) is 11.9. The molecule has 4 unspecified atom stereocenters. The van der Waals surface area contributed by atoms with Crippen LogP contribution in [0.4, 0.5) is 0 Å². The van der Waals surface area contributed by atoms with Crippen LogP contribution in [0.25, 0.3) is 0 Å². The van der Waals surface area contributed by atoms with Crippen molar-refractivity contribution in [2.45, 2.75) is 12.8 Å². The highest BCUT2D eigenvalue weighted by atomic mass is 16.4. The maximum absolute atomic E-state index is 11.1.